The van der Waals surface area contributed by atoms with Gasteiger partial charge < -0.3 is 5.32 Å². The zero-order valence-corrected chi connectivity index (χ0v) is 12.5. The highest BCUT2D eigenvalue weighted by atomic mass is 15.3. The molecule has 2 saturated heterocycles. The molecular weight excluding hydrogens is 222 g/mol. The van der Waals surface area contributed by atoms with Gasteiger partial charge >= 0.3 is 0 Å². The number of nitrogens with one attached hydrogen (secondary N) is 1. The van der Waals surface area contributed by atoms with E-state index in [9.17, 15) is 0 Å². The molecule has 2 aliphatic rings. The van der Waals surface area contributed by atoms with Crippen molar-refractivity contribution < 1.29 is 0 Å². The van der Waals surface area contributed by atoms with Crippen molar-refractivity contribution in [3.05, 3.63) is 0 Å². The lowest BCUT2D eigenvalue weighted by molar-refractivity contribution is 0.0397. The van der Waals surface area contributed by atoms with E-state index in [1.165, 1.54) is 65.1 Å². The molecule has 0 spiro atoms. The number of hydrogen-bond acceptors (Lipinski definition) is 3. The van der Waals surface area contributed by atoms with Gasteiger partial charge in [0.25, 0.3) is 0 Å². The lowest BCUT2D eigenvalue weighted by atomic mass is 9.76. The third kappa shape index (κ3) is 3.25. The van der Waals surface area contributed by atoms with Crippen LogP contribution < -0.4 is 5.32 Å². The Kier molecular flexibility index (Phi) is 5.05. The van der Waals surface area contributed by atoms with E-state index in [1.54, 1.807) is 0 Å². The van der Waals surface area contributed by atoms with Gasteiger partial charge in [0, 0.05) is 32.2 Å². The Morgan fingerprint density at radius 1 is 1.17 bits per heavy atom. The quantitative estimate of drug-likeness (QED) is 0.824. The van der Waals surface area contributed by atoms with Gasteiger partial charge in [-0.1, -0.05) is 13.8 Å². The summed E-state index contributed by atoms with van der Waals surface area (Å²) in [6.07, 6.45) is 4.08. The number of piperidine rings is 1. The van der Waals surface area contributed by atoms with Crippen LogP contribution in [0.3, 0.4) is 0 Å². The molecule has 1 N–H and O–H groups in total. The Balaban J connectivity index is 1.88. The summed E-state index contributed by atoms with van der Waals surface area (Å²) in [5.41, 5.74) is 0.597. The standard InChI is InChI=1S/C15H31N3/c1-4-15(6-8-16-9-7-15)13-17-10-11-18(5-2)14(3)12-17/h14,16H,4-13H2,1-3H3. The van der Waals surface area contributed by atoms with Gasteiger partial charge in [-0.05, 0) is 51.2 Å². The first kappa shape index (κ1) is 14.3. The second-order valence-electron chi connectivity index (χ2n) is 6.32. The van der Waals surface area contributed by atoms with Crippen molar-refractivity contribution in [2.45, 2.75) is 46.1 Å². The fourth-order valence-electron chi connectivity index (χ4n) is 3.74. The number of likely N-dealkylation sites (N-methyl/N-ethyl adjacent to an activating group) is 1. The monoisotopic (exact) mass is 253 g/mol. The molecule has 2 rings (SSSR count). The van der Waals surface area contributed by atoms with Crippen molar-refractivity contribution >= 4 is 0 Å². The zero-order chi connectivity index (χ0) is 13.0. The topological polar surface area (TPSA) is 18.5 Å². The second kappa shape index (κ2) is 6.36. The molecule has 0 amide bonds. The summed E-state index contributed by atoms with van der Waals surface area (Å²) in [4.78, 5) is 5.34. The van der Waals surface area contributed by atoms with Crippen LogP contribution in [0.4, 0.5) is 0 Å². The largest absolute Gasteiger partial charge is 0.317 e. The molecule has 0 aromatic rings. The lowest BCUT2D eigenvalue weighted by Gasteiger charge is -2.45. The average molecular weight is 253 g/mol. The van der Waals surface area contributed by atoms with Gasteiger partial charge in [-0.3, -0.25) is 9.80 Å². The second-order valence-corrected chi connectivity index (χ2v) is 6.32. The maximum absolute atomic E-state index is 3.51. The van der Waals surface area contributed by atoms with Gasteiger partial charge in [-0.2, -0.15) is 0 Å². The maximum Gasteiger partial charge on any atom is 0.0195 e. The first-order chi connectivity index (χ1) is 8.69. The van der Waals surface area contributed by atoms with Crippen LogP contribution >= 0.6 is 0 Å². The number of piperazine rings is 1. The molecule has 0 aliphatic carbocycles. The minimum absolute atomic E-state index is 0.597. The summed E-state index contributed by atoms with van der Waals surface area (Å²) in [6.45, 7) is 15.8. The molecule has 2 aliphatic heterocycles. The number of nitrogens with zero attached hydrogens (tertiary/aromatic N) is 2. The third-order valence-electron chi connectivity index (χ3n) is 5.23. The fourth-order valence-corrected chi connectivity index (χ4v) is 3.74. The van der Waals surface area contributed by atoms with Crippen molar-refractivity contribution in [1.29, 1.82) is 0 Å². The van der Waals surface area contributed by atoms with E-state index in [-0.39, 0.29) is 0 Å². The summed E-state index contributed by atoms with van der Waals surface area (Å²) in [5.74, 6) is 0. The summed E-state index contributed by atoms with van der Waals surface area (Å²) < 4.78 is 0. The Morgan fingerprint density at radius 3 is 2.44 bits per heavy atom. The Hall–Kier alpha value is -0.120. The Bertz CT molecular complexity index is 248. The minimum atomic E-state index is 0.597. The SMILES string of the molecule is CCN1CCN(CC2(CC)CCNCC2)CC1C. The molecule has 0 saturated carbocycles. The molecule has 3 nitrogen and oxygen atoms in total. The summed E-state index contributed by atoms with van der Waals surface area (Å²) >= 11 is 0. The number of rotatable bonds is 4. The molecule has 3 heteroatoms. The minimum Gasteiger partial charge on any atom is -0.317 e. The van der Waals surface area contributed by atoms with E-state index < -0.39 is 0 Å². The molecule has 2 fully saturated rings. The van der Waals surface area contributed by atoms with Crippen LogP contribution in [-0.2, 0) is 0 Å². The molecule has 1 atom stereocenters. The Morgan fingerprint density at radius 2 is 1.89 bits per heavy atom. The lowest BCUT2D eigenvalue weighted by Crippen LogP contribution is -2.55. The predicted molar refractivity (Wildman–Crippen MR) is 78.0 cm³/mol. The maximum atomic E-state index is 3.51. The summed E-state index contributed by atoms with van der Waals surface area (Å²) in [7, 11) is 0. The van der Waals surface area contributed by atoms with Crippen molar-refractivity contribution in [3.63, 3.8) is 0 Å². The van der Waals surface area contributed by atoms with Gasteiger partial charge in [0.2, 0.25) is 0 Å². The van der Waals surface area contributed by atoms with E-state index in [4.69, 9.17) is 0 Å². The molecule has 1 unspecified atom stereocenters. The first-order valence-corrected chi connectivity index (χ1v) is 7.86. The van der Waals surface area contributed by atoms with Crippen LogP contribution in [-0.4, -0.2) is 61.7 Å². The van der Waals surface area contributed by atoms with Gasteiger partial charge in [-0.15, -0.1) is 0 Å². The van der Waals surface area contributed by atoms with E-state index in [0.717, 1.165) is 6.04 Å². The van der Waals surface area contributed by atoms with Crippen LogP contribution in [0.25, 0.3) is 0 Å². The zero-order valence-electron chi connectivity index (χ0n) is 12.5. The summed E-state index contributed by atoms with van der Waals surface area (Å²) in [5, 5.41) is 3.51. The van der Waals surface area contributed by atoms with Gasteiger partial charge in [0.1, 0.15) is 0 Å². The van der Waals surface area contributed by atoms with E-state index in [0.29, 0.717) is 5.41 Å². The number of hydrogen-bond donors (Lipinski definition) is 1. The average Bonchev–Trinajstić information content (AvgIpc) is 2.40. The Labute approximate surface area is 113 Å². The molecular formula is C15H31N3. The van der Waals surface area contributed by atoms with Crippen LogP contribution in [0.2, 0.25) is 0 Å². The highest BCUT2D eigenvalue weighted by Crippen LogP contribution is 2.33. The fraction of sp³-hybridized carbons (Fsp3) is 1.00. The summed E-state index contributed by atoms with van der Waals surface area (Å²) in [6, 6.07) is 0.736. The van der Waals surface area contributed by atoms with Crippen LogP contribution in [0, 0.1) is 5.41 Å². The molecule has 18 heavy (non-hydrogen) atoms. The van der Waals surface area contributed by atoms with E-state index in [1.807, 2.05) is 0 Å². The van der Waals surface area contributed by atoms with Gasteiger partial charge in [-0.25, -0.2) is 0 Å². The highest BCUT2D eigenvalue weighted by molar-refractivity contribution is 4.89. The third-order valence-corrected chi connectivity index (χ3v) is 5.23. The molecule has 0 aromatic carbocycles. The van der Waals surface area contributed by atoms with Crippen LogP contribution in [0.5, 0.6) is 0 Å². The molecule has 2 heterocycles. The molecule has 106 valence electrons. The molecule has 0 aromatic heterocycles. The van der Waals surface area contributed by atoms with E-state index >= 15 is 0 Å². The highest BCUT2D eigenvalue weighted by Gasteiger charge is 2.34. The van der Waals surface area contributed by atoms with Crippen molar-refractivity contribution in [1.82, 2.24) is 15.1 Å². The molecule has 0 radical (unpaired) electrons. The van der Waals surface area contributed by atoms with Gasteiger partial charge in [0.05, 0.1) is 0 Å². The predicted octanol–water partition coefficient (Wildman–Crippen LogP) is 1.79. The smallest absolute Gasteiger partial charge is 0.0195 e. The van der Waals surface area contributed by atoms with Crippen LogP contribution in [0.15, 0.2) is 0 Å². The normalized spacial score (nSPS) is 30.5. The first-order valence-electron chi connectivity index (χ1n) is 7.86. The van der Waals surface area contributed by atoms with Gasteiger partial charge in [0.15, 0.2) is 0 Å². The van der Waals surface area contributed by atoms with Crippen molar-refractivity contribution in [2.24, 2.45) is 5.41 Å². The van der Waals surface area contributed by atoms with E-state index in [2.05, 4.69) is 35.9 Å². The molecule has 0 bridgehead atoms. The van der Waals surface area contributed by atoms with Crippen molar-refractivity contribution in [2.75, 3.05) is 45.8 Å². The van der Waals surface area contributed by atoms with Crippen LogP contribution in [0.1, 0.15) is 40.0 Å². The van der Waals surface area contributed by atoms with Crippen molar-refractivity contribution in [3.8, 4) is 0 Å².